The zero-order chi connectivity index (χ0) is 13.9. The first-order valence-corrected chi connectivity index (χ1v) is 5.56. The Morgan fingerprint density at radius 2 is 1.84 bits per heavy atom. The highest BCUT2D eigenvalue weighted by Crippen LogP contribution is 2.32. The molecular formula is C13H11F4NO. The smallest absolute Gasteiger partial charge is 0.419 e. The maximum Gasteiger partial charge on any atom is 0.419 e. The van der Waals surface area contributed by atoms with E-state index in [4.69, 9.17) is 4.42 Å². The molecule has 1 aromatic heterocycles. The van der Waals surface area contributed by atoms with Crippen molar-refractivity contribution in [2.75, 3.05) is 0 Å². The lowest BCUT2D eigenvalue weighted by Crippen LogP contribution is -2.16. The van der Waals surface area contributed by atoms with Gasteiger partial charge in [-0.2, -0.15) is 13.2 Å². The second-order valence-corrected chi connectivity index (χ2v) is 3.96. The van der Waals surface area contributed by atoms with Gasteiger partial charge in [0.25, 0.3) is 0 Å². The Kier molecular flexibility index (Phi) is 3.90. The summed E-state index contributed by atoms with van der Waals surface area (Å²) in [7, 11) is 0. The molecule has 0 aliphatic heterocycles. The molecule has 0 unspecified atom stereocenters. The van der Waals surface area contributed by atoms with Gasteiger partial charge in [0, 0.05) is 12.1 Å². The molecule has 0 saturated heterocycles. The van der Waals surface area contributed by atoms with Crippen molar-refractivity contribution in [2.24, 2.45) is 0 Å². The molecule has 2 rings (SSSR count). The van der Waals surface area contributed by atoms with E-state index in [9.17, 15) is 17.6 Å². The summed E-state index contributed by atoms with van der Waals surface area (Å²) in [4.78, 5) is 0. The topological polar surface area (TPSA) is 25.2 Å². The van der Waals surface area contributed by atoms with E-state index in [0.29, 0.717) is 12.3 Å². The predicted octanol–water partition coefficient (Wildman–Crippen LogP) is 3.73. The van der Waals surface area contributed by atoms with Crippen molar-refractivity contribution in [3.63, 3.8) is 0 Å². The van der Waals surface area contributed by atoms with Gasteiger partial charge in [-0.05, 0) is 18.2 Å². The van der Waals surface area contributed by atoms with E-state index in [1.165, 1.54) is 18.4 Å². The Morgan fingerprint density at radius 3 is 2.47 bits per heavy atom. The Hall–Kier alpha value is -1.82. The molecule has 102 valence electrons. The second-order valence-electron chi connectivity index (χ2n) is 3.96. The van der Waals surface area contributed by atoms with E-state index < -0.39 is 17.6 Å². The van der Waals surface area contributed by atoms with E-state index in [1.54, 1.807) is 12.1 Å². The van der Waals surface area contributed by atoms with Crippen LogP contribution in [0.4, 0.5) is 17.6 Å². The Balaban J connectivity index is 2.04. The molecule has 0 aliphatic rings. The molecule has 0 fully saturated rings. The lowest BCUT2D eigenvalue weighted by atomic mass is 10.1. The van der Waals surface area contributed by atoms with Crippen LogP contribution in [0.3, 0.4) is 0 Å². The number of benzene rings is 1. The molecule has 0 saturated carbocycles. The van der Waals surface area contributed by atoms with Crippen molar-refractivity contribution in [1.82, 2.24) is 5.32 Å². The van der Waals surface area contributed by atoms with Crippen LogP contribution >= 0.6 is 0 Å². The predicted molar refractivity (Wildman–Crippen MR) is 60.7 cm³/mol. The van der Waals surface area contributed by atoms with Gasteiger partial charge in [-0.1, -0.05) is 12.1 Å². The van der Waals surface area contributed by atoms with Gasteiger partial charge in [0.05, 0.1) is 18.4 Å². The fourth-order valence-electron chi connectivity index (χ4n) is 1.67. The van der Waals surface area contributed by atoms with Crippen LogP contribution in [-0.2, 0) is 19.3 Å². The molecule has 0 bridgehead atoms. The Labute approximate surface area is 107 Å². The highest BCUT2D eigenvalue weighted by molar-refractivity contribution is 5.28. The molecule has 0 atom stereocenters. The molecule has 0 amide bonds. The van der Waals surface area contributed by atoms with Crippen LogP contribution in [0.1, 0.15) is 16.9 Å². The summed E-state index contributed by atoms with van der Waals surface area (Å²) >= 11 is 0. The molecular weight excluding hydrogens is 262 g/mol. The lowest BCUT2D eigenvalue weighted by Gasteiger charge is -2.11. The first-order valence-electron chi connectivity index (χ1n) is 5.56. The summed E-state index contributed by atoms with van der Waals surface area (Å²) < 4.78 is 56.2. The molecule has 1 heterocycles. The minimum absolute atomic E-state index is 0.00352. The Morgan fingerprint density at radius 1 is 1.05 bits per heavy atom. The number of alkyl halides is 3. The van der Waals surface area contributed by atoms with Gasteiger partial charge in [-0.15, -0.1) is 0 Å². The largest absolute Gasteiger partial charge is 0.468 e. The number of hydrogen-bond acceptors (Lipinski definition) is 2. The van der Waals surface area contributed by atoms with Crippen molar-refractivity contribution in [1.29, 1.82) is 0 Å². The lowest BCUT2D eigenvalue weighted by molar-refractivity contribution is -0.140. The maximum atomic E-state index is 13.7. The summed E-state index contributed by atoms with van der Waals surface area (Å²) in [6, 6.07) is 6.65. The fraction of sp³-hybridized carbons (Fsp3) is 0.231. The summed E-state index contributed by atoms with van der Waals surface area (Å²) in [5.41, 5.74) is -1.27. The number of rotatable bonds is 4. The number of halogens is 4. The first-order chi connectivity index (χ1) is 8.98. The average molecular weight is 273 g/mol. The monoisotopic (exact) mass is 273 g/mol. The van der Waals surface area contributed by atoms with Gasteiger partial charge in [0.1, 0.15) is 11.6 Å². The highest BCUT2D eigenvalue weighted by Gasteiger charge is 2.34. The summed E-state index contributed by atoms with van der Waals surface area (Å²) in [5.74, 6) is -0.602. The van der Waals surface area contributed by atoms with Gasteiger partial charge in [-0.3, -0.25) is 0 Å². The zero-order valence-electron chi connectivity index (χ0n) is 9.80. The SMILES string of the molecule is Fc1c(CNCc2ccco2)cccc1C(F)(F)F. The number of furan rings is 1. The van der Waals surface area contributed by atoms with Crippen LogP contribution in [-0.4, -0.2) is 0 Å². The zero-order valence-corrected chi connectivity index (χ0v) is 9.80. The normalized spacial score (nSPS) is 11.8. The van der Waals surface area contributed by atoms with Crippen LogP contribution in [0.15, 0.2) is 41.0 Å². The summed E-state index contributed by atoms with van der Waals surface area (Å²) in [5, 5.41) is 2.82. The van der Waals surface area contributed by atoms with Crippen molar-refractivity contribution in [3.8, 4) is 0 Å². The third-order valence-corrected chi connectivity index (χ3v) is 2.58. The fourth-order valence-corrected chi connectivity index (χ4v) is 1.67. The van der Waals surface area contributed by atoms with Crippen LogP contribution in [0, 0.1) is 5.82 Å². The molecule has 0 radical (unpaired) electrons. The number of nitrogens with one attached hydrogen (secondary N) is 1. The van der Waals surface area contributed by atoms with Gasteiger partial charge in [0.15, 0.2) is 0 Å². The average Bonchev–Trinajstić information content (AvgIpc) is 2.83. The molecule has 19 heavy (non-hydrogen) atoms. The minimum Gasteiger partial charge on any atom is -0.468 e. The molecule has 1 N–H and O–H groups in total. The second kappa shape index (κ2) is 5.44. The van der Waals surface area contributed by atoms with E-state index in [0.717, 1.165) is 6.07 Å². The van der Waals surface area contributed by atoms with E-state index in [-0.39, 0.29) is 12.1 Å². The van der Waals surface area contributed by atoms with Crippen molar-refractivity contribution >= 4 is 0 Å². The molecule has 0 aliphatic carbocycles. The molecule has 6 heteroatoms. The van der Waals surface area contributed by atoms with Gasteiger partial charge < -0.3 is 9.73 Å². The molecule has 0 spiro atoms. The number of hydrogen-bond donors (Lipinski definition) is 1. The van der Waals surface area contributed by atoms with Crippen LogP contribution in [0.5, 0.6) is 0 Å². The molecule has 2 nitrogen and oxygen atoms in total. The van der Waals surface area contributed by atoms with Gasteiger partial charge in [0.2, 0.25) is 0 Å². The highest BCUT2D eigenvalue weighted by atomic mass is 19.4. The Bertz CT molecular complexity index is 534. The quantitative estimate of drug-likeness (QED) is 0.859. The molecule has 1 aromatic carbocycles. The standard InChI is InChI=1S/C13H11F4NO/c14-12-9(3-1-5-11(12)13(15,16)17)7-18-8-10-4-2-6-19-10/h1-6,18H,7-8H2. The molecule has 2 aromatic rings. The van der Waals surface area contributed by atoms with Crippen molar-refractivity contribution in [3.05, 3.63) is 59.3 Å². The maximum absolute atomic E-state index is 13.7. The third-order valence-electron chi connectivity index (χ3n) is 2.58. The van der Waals surface area contributed by atoms with E-state index in [1.807, 2.05) is 0 Å². The van der Waals surface area contributed by atoms with E-state index >= 15 is 0 Å². The summed E-state index contributed by atoms with van der Waals surface area (Å²) in [6.45, 7) is 0.319. The van der Waals surface area contributed by atoms with Crippen LogP contribution in [0.2, 0.25) is 0 Å². The van der Waals surface area contributed by atoms with Crippen LogP contribution in [0.25, 0.3) is 0 Å². The van der Waals surface area contributed by atoms with Gasteiger partial charge in [-0.25, -0.2) is 4.39 Å². The van der Waals surface area contributed by atoms with Gasteiger partial charge >= 0.3 is 6.18 Å². The third kappa shape index (κ3) is 3.35. The van der Waals surface area contributed by atoms with Crippen molar-refractivity contribution < 1.29 is 22.0 Å². The van der Waals surface area contributed by atoms with Crippen molar-refractivity contribution in [2.45, 2.75) is 19.3 Å². The minimum atomic E-state index is -4.68. The first kappa shape index (κ1) is 13.6. The van der Waals surface area contributed by atoms with E-state index in [2.05, 4.69) is 5.32 Å². The summed E-state index contributed by atoms with van der Waals surface area (Å²) in [6.07, 6.45) is -3.19. The van der Waals surface area contributed by atoms with Crippen LogP contribution < -0.4 is 5.32 Å².